The van der Waals surface area contributed by atoms with Crippen LogP contribution in [0.2, 0.25) is 0 Å². The maximum Gasteiger partial charge on any atom is 0.222 e. The lowest BCUT2D eigenvalue weighted by molar-refractivity contribution is -0.130. The van der Waals surface area contributed by atoms with Crippen LogP contribution in [0.4, 0.5) is 0 Å². The zero-order valence-electron chi connectivity index (χ0n) is 14.9. The number of guanidine groups is 1. The normalized spacial score (nSPS) is 15.5. The van der Waals surface area contributed by atoms with E-state index < -0.39 is 0 Å². The van der Waals surface area contributed by atoms with Crippen LogP contribution in [0.25, 0.3) is 0 Å². The topological polar surface area (TPSA) is 68.2 Å². The third-order valence-corrected chi connectivity index (χ3v) is 3.94. The second-order valence-electron chi connectivity index (χ2n) is 5.90. The van der Waals surface area contributed by atoms with Gasteiger partial charge in [0.25, 0.3) is 0 Å². The average molecular weight is 452 g/mol. The second-order valence-corrected chi connectivity index (χ2v) is 5.90. The molecular weight excluding hydrogens is 419 g/mol. The van der Waals surface area contributed by atoms with E-state index in [1.807, 2.05) is 22.9 Å². The van der Waals surface area contributed by atoms with Crippen molar-refractivity contribution in [3.8, 4) is 0 Å². The molecule has 24 heavy (non-hydrogen) atoms. The lowest BCUT2D eigenvalue weighted by Crippen LogP contribution is -2.41. The van der Waals surface area contributed by atoms with Crippen LogP contribution in [0.1, 0.15) is 38.5 Å². The lowest BCUT2D eigenvalue weighted by atomic mass is 10.2. The van der Waals surface area contributed by atoms with E-state index in [1.54, 1.807) is 0 Å². The van der Waals surface area contributed by atoms with Crippen LogP contribution in [0, 0.1) is 0 Å². The summed E-state index contributed by atoms with van der Waals surface area (Å²) in [7, 11) is 1.98. The van der Waals surface area contributed by atoms with Gasteiger partial charge >= 0.3 is 0 Å². The van der Waals surface area contributed by atoms with Crippen LogP contribution < -0.4 is 5.32 Å². The van der Waals surface area contributed by atoms with Crippen molar-refractivity contribution in [3.63, 3.8) is 0 Å². The number of likely N-dealkylation sites (tertiary alicyclic amines) is 1. The highest BCUT2D eigenvalue weighted by molar-refractivity contribution is 14.0. The van der Waals surface area contributed by atoms with E-state index in [4.69, 9.17) is 5.11 Å². The van der Waals surface area contributed by atoms with E-state index in [-0.39, 0.29) is 36.5 Å². The quantitative estimate of drug-likeness (QED) is 0.184. The van der Waals surface area contributed by atoms with Gasteiger partial charge in [0.1, 0.15) is 0 Å². The van der Waals surface area contributed by atoms with Gasteiger partial charge in [-0.2, -0.15) is 0 Å². The van der Waals surface area contributed by atoms with Crippen LogP contribution in [-0.4, -0.2) is 73.2 Å². The molecule has 7 heteroatoms. The number of halogens is 1. The highest BCUT2D eigenvalue weighted by Gasteiger charge is 2.15. The molecule has 0 aromatic rings. The number of hydrogen-bond acceptors (Lipinski definition) is 3. The maximum absolute atomic E-state index is 11.9. The molecule has 0 radical (unpaired) electrons. The van der Waals surface area contributed by atoms with Gasteiger partial charge in [0.15, 0.2) is 5.96 Å². The molecule has 1 rings (SSSR count). The molecule has 140 valence electrons. The molecule has 0 saturated carbocycles. The van der Waals surface area contributed by atoms with Crippen LogP contribution in [0.15, 0.2) is 17.6 Å². The molecule has 1 aliphatic rings. The third-order valence-electron chi connectivity index (χ3n) is 3.94. The van der Waals surface area contributed by atoms with Crippen LogP contribution in [-0.2, 0) is 4.79 Å². The smallest absolute Gasteiger partial charge is 0.222 e. The van der Waals surface area contributed by atoms with E-state index in [1.165, 1.54) is 0 Å². The summed E-state index contributed by atoms with van der Waals surface area (Å²) < 4.78 is 0. The Bertz CT molecular complexity index is 391. The Balaban J connectivity index is 0.00000529. The summed E-state index contributed by atoms with van der Waals surface area (Å²) in [6, 6.07) is 0. The fourth-order valence-electron chi connectivity index (χ4n) is 2.59. The summed E-state index contributed by atoms with van der Waals surface area (Å²) in [5, 5.41) is 12.1. The molecule has 1 fully saturated rings. The molecule has 1 aliphatic heterocycles. The molecule has 1 heterocycles. The van der Waals surface area contributed by atoms with Crippen molar-refractivity contribution in [1.29, 1.82) is 0 Å². The number of nitrogens with one attached hydrogen (secondary N) is 1. The van der Waals surface area contributed by atoms with Gasteiger partial charge < -0.3 is 20.2 Å². The van der Waals surface area contributed by atoms with Gasteiger partial charge in [0.2, 0.25) is 5.91 Å². The summed E-state index contributed by atoms with van der Waals surface area (Å²) in [4.78, 5) is 20.6. The minimum Gasteiger partial charge on any atom is -0.395 e. The number of aliphatic hydroxyl groups is 1. The van der Waals surface area contributed by atoms with E-state index in [9.17, 15) is 4.79 Å². The number of carbonyl (C=O) groups excluding carboxylic acids is 1. The summed E-state index contributed by atoms with van der Waals surface area (Å²) in [5.74, 6) is 1.08. The Morgan fingerprint density at radius 2 is 2.25 bits per heavy atom. The predicted molar refractivity (Wildman–Crippen MR) is 110 cm³/mol. The van der Waals surface area contributed by atoms with Gasteiger partial charge in [0.05, 0.1) is 6.61 Å². The van der Waals surface area contributed by atoms with Gasteiger partial charge in [0, 0.05) is 46.2 Å². The van der Waals surface area contributed by atoms with Crippen molar-refractivity contribution in [2.75, 3.05) is 46.4 Å². The largest absolute Gasteiger partial charge is 0.395 e. The minimum absolute atomic E-state index is 0. The van der Waals surface area contributed by atoms with E-state index >= 15 is 0 Å². The molecule has 0 aromatic heterocycles. The van der Waals surface area contributed by atoms with Crippen molar-refractivity contribution in [1.82, 2.24) is 15.1 Å². The Morgan fingerprint density at radius 1 is 1.46 bits per heavy atom. The van der Waals surface area contributed by atoms with Crippen LogP contribution >= 0.6 is 24.0 Å². The molecule has 6 nitrogen and oxygen atoms in total. The third kappa shape index (κ3) is 9.46. The number of aliphatic imine (C=N–C) groups is 1. The number of rotatable bonds is 9. The molecular formula is C17H33IN4O2. The first-order chi connectivity index (χ1) is 11.2. The summed E-state index contributed by atoms with van der Waals surface area (Å²) in [6.45, 7) is 7.48. The Labute approximate surface area is 163 Å². The first-order valence-corrected chi connectivity index (χ1v) is 8.68. The molecule has 1 saturated heterocycles. The maximum atomic E-state index is 11.9. The number of carbonyl (C=O) groups is 1. The standard InChI is InChI=1S/C17H32N4O2.HI/c1-3-4-12-20(2)17(19-11-15-22)18-10-8-14-21-13-7-5-6-9-16(21)23;/h3,22H,1,4-15H2,2H3,(H,18,19);1H. The predicted octanol–water partition coefficient (Wildman–Crippen LogP) is 1.84. The van der Waals surface area contributed by atoms with E-state index in [0.717, 1.165) is 57.7 Å². The van der Waals surface area contributed by atoms with Gasteiger partial charge in [-0.1, -0.05) is 12.5 Å². The average Bonchev–Trinajstić information content (AvgIpc) is 2.76. The van der Waals surface area contributed by atoms with Crippen LogP contribution in [0.5, 0.6) is 0 Å². The van der Waals surface area contributed by atoms with E-state index in [0.29, 0.717) is 19.5 Å². The number of aliphatic hydroxyl groups excluding tert-OH is 1. The molecule has 0 aromatic carbocycles. The minimum atomic E-state index is 0. The monoisotopic (exact) mass is 452 g/mol. The molecule has 1 amide bonds. The molecule has 0 spiro atoms. The van der Waals surface area contributed by atoms with Gasteiger partial charge in [-0.25, -0.2) is 0 Å². The zero-order valence-corrected chi connectivity index (χ0v) is 17.2. The fourth-order valence-corrected chi connectivity index (χ4v) is 2.59. The number of hydrogen-bond donors (Lipinski definition) is 2. The summed E-state index contributed by atoms with van der Waals surface area (Å²) >= 11 is 0. The second kappa shape index (κ2) is 14.5. The van der Waals surface area contributed by atoms with Crippen molar-refractivity contribution in [2.24, 2.45) is 4.99 Å². The van der Waals surface area contributed by atoms with Gasteiger partial charge in [-0.05, 0) is 25.7 Å². The zero-order chi connectivity index (χ0) is 16.9. The first-order valence-electron chi connectivity index (χ1n) is 8.68. The number of nitrogens with zero attached hydrogens (tertiary/aromatic N) is 3. The molecule has 0 bridgehead atoms. The van der Waals surface area contributed by atoms with Gasteiger partial charge in [-0.3, -0.25) is 9.79 Å². The Kier molecular flexibility index (Phi) is 14.0. The SMILES string of the molecule is C=CCCN(C)C(=NCCCN1CCCCCC1=O)NCCO.I. The fraction of sp³-hybridized carbons (Fsp3) is 0.765. The molecule has 0 atom stereocenters. The highest BCUT2D eigenvalue weighted by atomic mass is 127. The molecule has 2 N–H and O–H groups in total. The number of amides is 1. The summed E-state index contributed by atoms with van der Waals surface area (Å²) in [5.41, 5.74) is 0. The van der Waals surface area contributed by atoms with Gasteiger partial charge in [-0.15, -0.1) is 30.6 Å². The van der Waals surface area contributed by atoms with Crippen molar-refractivity contribution >= 4 is 35.8 Å². The molecule has 0 unspecified atom stereocenters. The highest BCUT2D eigenvalue weighted by Crippen LogP contribution is 2.11. The lowest BCUT2D eigenvalue weighted by Gasteiger charge is -2.22. The van der Waals surface area contributed by atoms with Crippen molar-refractivity contribution in [2.45, 2.75) is 38.5 Å². The Hall–Kier alpha value is -0.830. The Morgan fingerprint density at radius 3 is 2.96 bits per heavy atom. The van der Waals surface area contributed by atoms with E-state index in [2.05, 4.69) is 16.9 Å². The molecule has 0 aliphatic carbocycles. The first kappa shape index (κ1) is 23.2. The van der Waals surface area contributed by atoms with Crippen molar-refractivity contribution in [3.05, 3.63) is 12.7 Å². The van der Waals surface area contributed by atoms with Crippen LogP contribution in [0.3, 0.4) is 0 Å². The summed E-state index contributed by atoms with van der Waals surface area (Å²) in [6.07, 6.45) is 7.62. The van der Waals surface area contributed by atoms with Crippen molar-refractivity contribution < 1.29 is 9.90 Å².